The van der Waals surface area contributed by atoms with Crippen molar-refractivity contribution in [1.82, 2.24) is 10.3 Å². The lowest BCUT2D eigenvalue weighted by molar-refractivity contribution is 0.583. The van der Waals surface area contributed by atoms with Crippen LogP contribution in [0.15, 0.2) is 45.5 Å². The molecule has 2 rings (SSSR count). The van der Waals surface area contributed by atoms with E-state index >= 15 is 0 Å². The zero-order valence-electron chi connectivity index (χ0n) is 11.7. The summed E-state index contributed by atoms with van der Waals surface area (Å²) in [6.07, 6.45) is 3.88. The molecule has 2 nitrogen and oxygen atoms in total. The monoisotopic (exact) mass is 396 g/mol. The number of aromatic nitrogens is 1. The number of aryl methyl sites for hydroxylation is 1. The van der Waals surface area contributed by atoms with Crippen molar-refractivity contribution in [3.8, 4) is 0 Å². The molecule has 1 aromatic carbocycles. The number of rotatable bonds is 5. The van der Waals surface area contributed by atoms with E-state index in [1.54, 1.807) is 0 Å². The van der Waals surface area contributed by atoms with Crippen LogP contribution < -0.4 is 5.32 Å². The van der Waals surface area contributed by atoms with Crippen molar-refractivity contribution < 1.29 is 0 Å². The van der Waals surface area contributed by atoms with Crippen molar-refractivity contribution in [2.75, 3.05) is 7.05 Å². The Bertz CT molecular complexity index is 547. The van der Waals surface area contributed by atoms with E-state index in [0.29, 0.717) is 0 Å². The fourth-order valence-electron chi connectivity index (χ4n) is 2.16. The summed E-state index contributed by atoms with van der Waals surface area (Å²) >= 11 is 7.08. The van der Waals surface area contributed by atoms with E-state index < -0.39 is 0 Å². The van der Waals surface area contributed by atoms with E-state index in [1.165, 1.54) is 11.1 Å². The summed E-state index contributed by atoms with van der Waals surface area (Å²) in [6.45, 7) is 2.14. The molecule has 0 radical (unpaired) electrons. The van der Waals surface area contributed by atoms with E-state index in [0.717, 1.165) is 27.5 Å². The van der Waals surface area contributed by atoms with Gasteiger partial charge in [0.2, 0.25) is 0 Å². The number of nitrogens with zero attached hydrogens (tertiary/aromatic N) is 1. The third-order valence-electron chi connectivity index (χ3n) is 3.34. The Kier molecular flexibility index (Phi) is 5.75. The molecule has 0 aliphatic rings. The normalized spacial score (nSPS) is 12.4. The minimum Gasteiger partial charge on any atom is -0.313 e. The summed E-state index contributed by atoms with van der Waals surface area (Å²) in [5.41, 5.74) is 3.63. The van der Waals surface area contributed by atoms with Crippen molar-refractivity contribution >= 4 is 31.9 Å². The van der Waals surface area contributed by atoms with Crippen LogP contribution in [0, 0.1) is 0 Å². The molecule has 1 heterocycles. The highest BCUT2D eigenvalue weighted by molar-refractivity contribution is 9.11. The highest BCUT2D eigenvalue weighted by Crippen LogP contribution is 2.25. The van der Waals surface area contributed by atoms with Crippen LogP contribution in [0.2, 0.25) is 0 Å². The summed E-state index contributed by atoms with van der Waals surface area (Å²) < 4.78 is 2.16. The SMILES string of the molecule is CCc1ccc(CC(NC)c2cc(Br)cc(Br)c2)nc1. The van der Waals surface area contributed by atoms with Crippen molar-refractivity contribution in [2.45, 2.75) is 25.8 Å². The molecule has 1 atom stereocenters. The van der Waals surface area contributed by atoms with Crippen LogP contribution in [0.5, 0.6) is 0 Å². The molecule has 106 valence electrons. The number of benzene rings is 1. The first-order chi connectivity index (χ1) is 9.62. The van der Waals surface area contributed by atoms with E-state index in [4.69, 9.17) is 0 Å². The van der Waals surface area contributed by atoms with Crippen LogP contribution in [0.4, 0.5) is 0 Å². The summed E-state index contributed by atoms with van der Waals surface area (Å²) in [6, 6.07) is 10.9. The van der Waals surface area contributed by atoms with Gasteiger partial charge < -0.3 is 5.32 Å². The zero-order valence-corrected chi connectivity index (χ0v) is 14.8. The second-order valence-electron chi connectivity index (χ2n) is 4.76. The molecular formula is C16H18Br2N2. The maximum Gasteiger partial charge on any atom is 0.0422 e. The number of nitrogens with one attached hydrogen (secondary N) is 1. The van der Waals surface area contributed by atoms with Gasteiger partial charge >= 0.3 is 0 Å². The highest BCUT2D eigenvalue weighted by Gasteiger charge is 2.12. The lowest BCUT2D eigenvalue weighted by atomic mass is 10.0. The second kappa shape index (κ2) is 7.34. The van der Waals surface area contributed by atoms with Gasteiger partial charge in [-0.15, -0.1) is 0 Å². The van der Waals surface area contributed by atoms with E-state index in [1.807, 2.05) is 19.3 Å². The summed E-state index contributed by atoms with van der Waals surface area (Å²) in [5.74, 6) is 0. The standard InChI is InChI=1S/C16H18Br2N2/c1-3-11-4-5-15(20-10-11)9-16(19-2)12-6-13(17)8-14(18)7-12/h4-8,10,16,19H,3,9H2,1-2H3. The summed E-state index contributed by atoms with van der Waals surface area (Å²) in [5, 5.41) is 3.37. The second-order valence-corrected chi connectivity index (χ2v) is 6.59. The van der Waals surface area contributed by atoms with Crippen LogP contribution >= 0.6 is 31.9 Å². The molecule has 20 heavy (non-hydrogen) atoms. The van der Waals surface area contributed by atoms with Gasteiger partial charge in [-0.2, -0.15) is 0 Å². The van der Waals surface area contributed by atoms with E-state index in [2.05, 4.69) is 73.3 Å². The molecule has 1 N–H and O–H groups in total. The first-order valence-corrected chi connectivity index (χ1v) is 8.28. The fourth-order valence-corrected chi connectivity index (χ4v) is 3.49. The van der Waals surface area contributed by atoms with Gasteiger partial charge in [0.1, 0.15) is 0 Å². The van der Waals surface area contributed by atoms with Crippen molar-refractivity contribution in [2.24, 2.45) is 0 Å². The average molecular weight is 398 g/mol. The van der Waals surface area contributed by atoms with Gasteiger partial charge in [0.15, 0.2) is 0 Å². The Labute approximate surface area is 137 Å². The Morgan fingerprint density at radius 3 is 2.35 bits per heavy atom. The Balaban J connectivity index is 2.19. The van der Waals surface area contributed by atoms with Gasteiger partial charge in [-0.25, -0.2) is 0 Å². The Hall–Kier alpha value is -0.710. The molecule has 0 aliphatic heterocycles. The Morgan fingerprint density at radius 2 is 1.85 bits per heavy atom. The van der Waals surface area contributed by atoms with Gasteiger partial charge in [-0.05, 0) is 48.9 Å². The number of likely N-dealkylation sites (N-methyl/N-ethyl adjacent to an activating group) is 1. The maximum atomic E-state index is 4.54. The smallest absolute Gasteiger partial charge is 0.0422 e. The molecule has 0 saturated heterocycles. The third kappa shape index (κ3) is 4.14. The lowest BCUT2D eigenvalue weighted by Crippen LogP contribution is -2.19. The van der Waals surface area contributed by atoms with E-state index in [9.17, 15) is 0 Å². The van der Waals surface area contributed by atoms with Crippen molar-refractivity contribution in [1.29, 1.82) is 0 Å². The molecule has 1 aromatic heterocycles. The van der Waals surface area contributed by atoms with Crippen LogP contribution in [-0.2, 0) is 12.8 Å². The van der Waals surface area contributed by atoms with Gasteiger partial charge in [-0.1, -0.05) is 44.8 Å². The molecule has 0 saturated carbocycles. The molecule has 2 aromatic rings. The van der Waals surface area contributed by atoms with Gasteiger partial charge in [-0.3, -0.25) is 4.98 Å². The first-order valence-electron chi connectivity index (χ1n) is 6.69. The number of hydrogen-bond donors (Lipinski definition) is 1. The zero-order chi connectivity index (χ0) is 14.5. The van der Waals surface area contributed by atoms with Crippen LogP contribution in [0.3, 0.4) is 0 Å². The number of hydrogen-bond acceptors (Lipinski definition) is 2. The highest BCUT2D eigenvalue weighted by atomic mass is 79.9. The molecule has 4 heteroatoms. The molecule has 0 amide bonds. The van der Waals surface area contributed by atoms with Gasteiger partial charge in [0.25, 0.3) is 0 Å². The lowest BCUT2D eigenvalue weighted by Gasteiger charge is -2.17. The average Bonchev–Trinajstić information content (AvgIpc) is 2.44. The molecular weight excluding hydrogens is 380 g/mol. The van der Waals surface area contributed by atoms with Crippen LogP contribution in [0.1, 0.15) is 29.8 Å². The summed E-state index contributed by atoms with van der Waals surface area (Å²) in [4.78, 5) is 4.54. The minimum absolute atomic E-state index is 0.253. The van der Waals surface area contributed by atoms with Crippen molar-refractivity contribution in [3.05, 3.63) is 62.3 Å². The Morgan fingerprint density at radius 1 is 1.15 bits per heavy atom. The maximum absolute atomic E-state index is 4.54. The quantitative estimate of drug-likeness (QED) is 0.792. The molecule has 0 spiro atoms. The van der Waals surface area contributed by atoms with Gasteiger partial charge in [0.05, 0.1) is 0 Å². The van der Waals surface area contributed by atoms with Crippen LogP contribution in [0.25, 0.3) is 0 Å². The predicted octanol–water partition coefficient (Wildman–Crippen LogP) is 4.67. The first kappa shape index (κ1) is 15.7. The fraction of sp³-hybridized carbons (Fsp3) is 0.312. The molecule has 0 fully saturated rings. The number of halogens is 2. The minimum atomic E-state index is 0.253. The van der Waals surface area contributed by atoms with Crippen LogP contribution in [-0.4, -0.2) is 12.0 Å². The van der Waals surface area contributed by atoms with E-state index in [-0.39, 0.29) is 6.04 Å². The molecule has 0 bridgehead atoms. The third-order valence-corrected chi connectivity index (χ3v) is 4.26. The summed E-state index contributed by atoms with van der Waals surface area (Å²) in [7, 11) is 1.99. The molecule has 0 aliphatic carbocycles. The largest absolute Gasteiger partial charge is 0.313 e. The topological polar surface area (TPSA) is 24.9 Å². The van der Waals surface area contributed by atoms with Crippen molar-refractivity contribution in [3.63, 3.8) is 0 Å². The van der Waals surface area contributed by atoms with Gasteiger partial charge in [0, 0.05) is 33.3 Å². The molecule has 1 unspecified atom stereocenters. The number of pyridine rings is 1. The predicted molar refractivity (Wildman–Crippen MR) is 91.0 cm³/mol.